The van der Waals surface area contributed by atoms with Gasteiger partial charge in [0.05, 0.1) is 10.7 Å². The Morgan fingerprint density at radius 2 is 1.83 bits per heavy atom. The molecule has 1 aliphatic heterocycles. The Morgan fingerprint density at radius 1 is 1.13 bits per heavy atom. The molecule has 2 aromatic carbocycles. The predicted molar refractivity (Wildman–Crippen MR) is 121 cm³/mol. The number of primary amides is 1. The molecular formula is C22H28ClN5O2. The number of aliphatic imine (C=N–C) groups is 1. The third kappa shape index (κ3) is 6.03. The van der Waals surface area contributed by atoms with E-state index in [1.165, 1.54) is 5.56 Å². The van der Waals surface area contributed by atoms with Crippen molar-refractivity contribution in [3.8, 4) is 5.75 Å². The summed E-state index contributed by atoms with van der Waals surface area (Å²) in [6.07, 6.45) is 0.856. The number of hydrogen-bond donors (Lipinski definition) is 2. The maximum atomic E-state index is 10.8. The SMILES string of the molecule is CN=C(NCCc1ccc(OCC(N)=O)cc1)N1CCN(c2ccccc2Cl)CC1. The van der Waals surface area contributed by atoms with Crippen LogP contribution in [0.5, 0.6) is 5.75 Å². The summed E-state index contributed by atoms with van der Waals surface area (Å²) in [5.41, 5.74) is 7.35. The minimum atomic E-state index is -0.484. The van der Waals surface area contributed by atoms with Crippen molar-refractivity contribution >= 4 is 29.2 Å². The van der Waals surface area contributed by atoms with Crippen molar-refractivity contribution in [3.63, 3.8) is 0 Å². The molecule has 0 bridgehead atoms. The van der Waals surface area contributed by atoms with Crippen LogP contribution in [-0.4, -0.2) is 63.1 Å². The Balaban J connectivity index is 1.44. The summed E-state index contributed by atoms with van der Waals surface area (Å²) < 4.78 is 5.28. The number of nitrogens with zero attached hydrogens (tertiary/aromatic N) is 3. The van der Waals surface area contributed by atoms with Crippen molar-refractivity contribution in [1.82, 2.24) is 10.2 Å². The average molecular weight is 430 g/mol. The first-order valence-corrected chi connectivity index (χ1v) is 10.4. The molecule has 1 heterocycles. The van der Waals surface area contributed by atoms with Gasteiger partial charge in [-0.05, 0) is 36.2 Å². The molecule has 1 fully saturated rings. The summed E-state index contributed by atoms with van der Waals surface area (Å²) in [6, 6.07) is 15.6. The summed E-state index contributed by atoms with van der Waals surface area (Å²) in [5.74, 6) is 1.07. The lowest BCUT2D eigenvalue weighted by molar-refractivity contribution is -0.119. The van der Waals surface area contributed by atoms with Crippen molar-refractivity contribution in [2.24, 2.45) is 10.7 Å². The summed E-state index contributed by atoms with van der Waals surface area (Å²) in [5, 5.41) is 4.24. The van der Waals surface area contributed by atoms with Gasteiger partial charge in [-0.2, -0.15) is 0 Å². The summed E-state index contributed by atoms with van der Waals surface area (Å²) in [4.78, 5) is 19.8. The number of piperazine rings is 1. The van der Waals surface area contributed by atoms with Gasteiger partial charge in [-0.25, -0.2) is 0 Å². The van der Waals surface area contributed by atoms with E-state index in [-0.39, 0.29) is 6.61 Å². The Kier molecular flexibility index (Phi) is 7.79. The van der Waals surface area contributed by atoms with Crippen molar-refractivity contribution in [3.05, 3.63) is 59.1 Å². The molecule has 8 heteroatoms. The van der Waals surface area contributed by atoms with E-state index in [1.807, 2.05) is 49.5 Å². The van der Waals surface area contributed by atoms with Gasteiger partial charge in [-0.3, -0.25) is 9.79 Å². The smallest absolute Gasteiger partial charge is 0.255 e. The zero-order chi connectivity index (χ0) is 21.3. The van der Waals surface area contributed by atoms with Gasteiger partial charge in [0, 0.05) is 39.8 Å². The lowest BCUT2D eigenvalue weighted by Gasteiger charge is -2.38. The van der Waals surface area contributed by atoms with Crippen molar-refractivity contribution in [2.45, 2.75) is 6.42 Å². The zero-order valence-electron chi connectivity index (χ0n) is 17.2. The van der Waals surface area contributed by atoms with Crippen LogP contribution in [0.4, 0.5) is 5.69 Å². The molecule has 2 aromatic rings. The van der Waals surface area contributed by atoms with E-state index in [0.29, 0.717) is 5.75 Å². The van der Waals surface area contributed by atoms with Gasteiger partial charge < -0.3 is 25.6 Å². The van der Waals surface area contributed by atoms with Crippen LogP contribution in [0, 0.1) is 0 Å². The van der Waals surface area contributed by atoms with E-state index < -0.39 is 5.91 Å². The van der Waals surface area contributed by atoms with Gasteiger partial charge in [0.1, 0.15) is 5.75 Å². The monoisotopic (exact) mass is 429 g/mol. The molecule has 3 rings (SSSR count). The molecule has 30 heavy (non-hydrogen) atoms. The first kappa shape index (κ1) is 21.8. The number of guanidine groups is 1. The van der Waals surface area contributed by atoms with Crippen LogP contribution in [0.3, 0.4) is 0 Å². The maximum absolute atomic E-state index is 10.8. The normalized spacial score (nSPS) is 14.5. The number of para-hydroxylation sites is 1. The minimum Gasteiger partial charge on any atom is -0.484 e. The Morgan fingerprint density at radius 3 is 2.47 bits per heavy atom. The highest BCUT2D eigenvalue weighted by Gasteiger charge is 2.20. The number of hydrogen-bond acceptors (Lipinski definition) is 4. The van der Waals surface area contributed by atoms with Crippen LogP contribution in [0.2, 0.25) is 5.02 Å². The predicted octanol–water partition coefficient (Wildman–Crippen LogP) is 2.14. The number of nitrogens with one attached hydrogen (secondary N) is 1. The molecule has 1 amide bonds. The highest BCUT2D eigenvalue weighted by atomic mass is 35.5. The van der Waals surface area contributed by atoms with Gasteiger partial charge in [-0.15, -0.1) is 0 Å². The van der Waals surface area contributed by atoms with E-state index in [1.54, 1.807) is 0 Å². The Labute approximate surface area is 182 Å². The number of carbonyl (C=O) groups excluding carboxylic acids is 1. The second-order valence-electron chi connectivity index (χ2n) is 7.05. The van der Waals surface area contributed by atoms with Crippen LogP contribution in [0.15, 0.2) is 53.5 Å². The fourth-order valence-electron chi connectivity index (χ4n) is 3.43. The standard InChI is InChI=1S/C22H28ClN5O2/c1-25-22(26-11-10-17-6-8-18(9-7-17)30-16-21(24)29)28-14-12-27(13-15-28)20-5-3-2-4-19(20)23/h2-9H,10-16H2,1H3,(H2,24,29)(H,25,26). The first-order chi connectivity index (χ1) is 14.6. The molecule has 0 aromatic heterocycles. The van der Waals surface area contributed by atoms with Crippen LogP contribution in [0.1, 0.15) is 5.56 Å². The fourth-order valence-corrected chi connectivity index (χ4v) is 3.68. The third-order valence-electron chi connectivity index (χ3n) is 4.99. The molecular weight excluding hydrogens is 402 g/mol. The van der Waals surface area contributed by atoms with Crippen LogP contribution >= 0.6 is 11.6 Å². The number of anilines is 1. The quantitative estimate of drug-likeness (QED) is 0.520. The highest BCUT2D eigenvalue weighted by Crippen LogP contribution is 2.26. The van der Waals surface area contributed by atoms with Gasteiger partial charge in [-0.1, -0.05) is 35.9 Å². The summed E-state index contributed by atoms with van der Waals surface area (Å²) in [7, 11) is 1.81. The van der Waals surface area contributed by atoms with Gasteiger partial charge >= 0.3 is 0 Å². The Bertz CT molecular complexity index is 864. The van der Waals surface area contributed by atoms with Crippen LogP contribution in [-0.2, 0) is 11.2 Å². The van der Waals surface area contributed by atoms with E-state index in [9.17, 15) is 4.79 Å². The number of benzene rings is 2. The molecule has 0 atom stereocenters. The number of nitrogens with two attached hydrogens (primary N) is 1. The second kappa shape index (κ2) is 10.7. The fraction of sp³-hybridized carbons (Fsp3) is 0.364. The van der Waals surface area contributed by atoms with E-state index in [2.05, 4.69) is 26.2 Å². The maximum Gasteiger partial charge on any atom is 0.255 e. The van der Waals surface area contributed by atoms with E-state index in [4.69, 9.17) is 22.1 Å². The van der Waals surface area contributed by atoms with Crippen LogP contribution < -0.4 is 20.7 Å². The largest absolute Gasteiger partial charge is 0.484 e. The molecule has 0 saturated carbocycles. The van der Waals surface area contributed by atoms with Crippen LogP contribution in [0.25, 0.3) is 0 Å². The van der Waals surface area contributed by atoms with Crippen molar-refractivity contribution < 1.29 is 9.53 Å². The molecule has 0 aliphatic carbocycles. The summed E-state index contributed by atoms with van der Waals surface area (Å²) in [6.45, 7) is 4.24. The number of rotatable bonds is 7. The van der Waals surface area contributed by atoms with Gasteiger partial charge in [0.25, 0.3) is 5.91 Å². The molecule has 1 saturated heterocycles. The number of ether oxygens (including phenoxy) is 1. The van der Waals surface area contributed by atoms with E-state index >= 15 is 0 Å². The van der Waals surface area contributed by atoms with Gasteiger partial charge in [0.15, 0.2) is 12.6 Å². The first-order valence-electron chi connectivity index (χ1n) is 10.0. The van der Waals surface area contributed by atoms with Crippen molar-refractivity contribution in [1.29, 1.82) is 0 Å². The van der Waals surface area contributed by atoms with E-state index in [0.717, 1.165) is 55.8 Å². The molecule has 0 radical (unpaired) electrons. The minimum absolute atomic E-state index is 0.110. The lowest BCUT2D eigenvalue weighted by Crippen LogP contribution is -2.52. The number of carbonyl (C=O) groups is 1. The molecule has 0 unspecified atom stereocenters. The number of amides is 1. The number of halogens is 1. The molecule has 1 aliphatic rings. The summed E-state index contributed by atoms with van der Waals surface area (Å²) >= 11 is 6.33. The zero-order valence-corrected chi connectivity index (χ0v) is 17.9. The third-order valence-corrected chi connectivity index (χ3v) is 5.30. The molecule has 0 spiro atoms. The molecule has 160 valence electrons. The Hall–Kier alpha value is -2.93. The van der Waals surface area contributed by atoms with Gasteiger partial charge in [0.2, 0.25) is 0 Å². The average Bonchev–Trinajstić information content (AvgIpc) is 2.77. The molecule has 3 N–H and O–H groups in total. The highest BCUT2D eigenvalue weighted by molar-refractivity contribution is 6.33. The lowest BCUT2D eigenvalue weighted by atomic mass is 10.1. The topological polar surface area (TPSA) is 83.2 Å². The van der Waals surface area contributed by atoms with Crippen molar-refractivity contribution in [2.75, 3.05) is 51.3 Å². The molecule has 7 nitrogen and oxygen atoms in total. The second-order valence-corrected chi connectivity index (χ2v) is 7.46.